The first-order valence-corrected chi connectivity index (χ1v) is 7.19. The smallest absolute Gasteiger partial charge is 0.0499 e. The summed E-state index contributed by atoms with van der Waals surface area (Å²) in [7, 11) is 0. The molecule has 88 valence electrons. The summed E-state index contributed by atoms with van der Waals surface area (Å²) >= 11 is 15.5. The minimum Gasteiger partial charge on any atom is -0.0924 e. The first kappa shape index (κ1) is 12.9. The molecule has 2 aromatic carbocycles. The van der Waals surface area contributed by atoms with Gasteiger partial charge in [0.25, 0.3) is 0 Å². The summed E-state index contributed by atoms with van der Waals surface area (Å²) in [5.74, 6) is 0. The molecule has 17 heavy (non-hydrogen) atoms. The third kappa shape index (κ3) is 3.25. The van der Waals surface area contributed by atoms with E-state index in [-0.39, 0.29) is 0 Å². The van der Waals surface area contributed by atoms with Crippen LogP contribution in [0.25, 0.3) is 11.1 Å². The predicted molar refractivity (Wildman–Crippen MR) is 79.4 cm³/mol. The minimum atomic E-state index is 0.662. The van der Waals surface area contributed by atoms with Crippen LogP contribution >= 0.6 is 39.1 Å². The largest absolute Gasteiger partial charge is 0.0924 e. The van der Waals surface area contributed by atoms with E-state index >= 15 is 0 Å². The maximum atomic E-state index is 6.17. The Kier molecular flexibility index (Phi) is 4.49. The van der Waals surface area contributed by atoms with Crippen LogP contribution in [0.3, 0.4) is 0 Å². The molecule has 2 aromatic rings. The van der Waals surface area contributed by atoms with Crippen LogP contribution in [0.2, 0.25) is 10.0 Å². The highest BCUT2D eigenvalue weighted by Gasteiger charge is 2.04. The van der Waals surface area contributed by atoms with Crippen LogP contribution in [-0.2, 0) is 6.42 Å². The van der Waals surface area contributed by atoms with E-state index < -0.39 is 0 Å². The quantitative estimate of drug-likeness (QED) is 0.643. The Morgan fingerprint density at radius 3 is 2.24 bits per heavy atom. The van der Waals surface area contributed by atoms with Gasteiger partial charge in [0.15, 0.2) is 0 Å². The molecule has 0 spiro atoms. The molecule has 0 saturated carbocycles. The van der Waals surface area contributed by atoms with Gasteiger partial charge in [-0.2, -0.15) is 0 Å². The van der Waals surface area contributed by atoms with E-state index in [9.17, 15) is 0 Å². The Morgan fingerprint density at radius 2 is 1.65 bits per heavy atom. The molecule has 0 unspecified atom stereocenters. The highest BCUT2D eigenvalue weighted by molar-refractivity contribution is 9.09. The summed E-state index contributed by atoms with van der Waals surface area (Å²) in [5, 5.41) is 2.33. The number of alkyl halides is 1. The molecule has 3 heteroatoms. The van der Waals surface area contributed by atoms with Gasteiger partial charge in [-0.05, 0) is 29.7 Å². The van der Waals surface area contributed by atoms with Gasteiger partial charge in [0.2, 0.25) is 0 Å². The van der Waals surface area contributed by atoms with Gasteiger partial charge < -0.3 is 0 Å². The molecule has 0 bridgehead atoms. The van der Waals surface area contributed by atoms with Crippen molar-refractivity contribution in [2.24, 2.45) is 0 Å². The van der Waals surface area contributed by atoms with Gasteiger partial charge in [-0.15, -0.1) is 0 Å². The Hall–Kier alpha value is -0.500. The molecule has 0 nitrogen and oxygen atoms in total. The second kappa shape index (κ2) is 5.90. The van der Waals surface area contributed by atoms with E-state index in [1.54, 1.807) is 6.07 Å². The number of benzene rings is 2. The molecule has 0 N–H and O–H groups in total. The zero-order chi connectivity index (χ0) is 12.3. The van der Waals surface area contributed by atoms with Crippen LogP contribution < -0.4 is 0 Å². The van der Waals surface area contributed by atoms with Gasteiger partial charge >= 0.3 is 0 Å². The van der Waals surface area contributed by atoms with Gasteiger partial charge in [0.1, 0.15) is 0 Å². The maximum Gasteiger partial charge on any atom is 0.0499 e. The highest BCUT2D eigenvalue weighted by atomic mass is 79.9. The molecular weight excluding hydrogens is 319 g/mol. The van der Waals surface area contributed by atoms with E-state index in [1.807, 2.05) is 12.1 Å². The molecule has 0 saturated heterocycles. The summed E-state index contributed by atoms with van der Waals surface area (Å²) in [6.07, 6.45) is 1.04. The molecule has 0 amide bonds. The van der Waals surface area contributed by atoms with Crippen LogP contribution in [0, 0.1) is 0 Å². The van der Waals surface area contributed by atoms with Crippen molar-refractivity contribution in [3.05, 3.63) is 58.1 Å². The van der Waals surface area contributed by atoms with Crippen molar-refractivity contribution in [1.82, 2.24) is 0 Å². The monoisotopic (exact) mass is 328 g/mol. The third-order valence-electron chi connectivity index (χ3n) is 2.58. The molecule has 0 aliphatic heterocycles. The first-order chi connectivity index (χ1) is 8.20. The zero-order valence-electron chi connectivity index (χ0n) is 9.09. The second-order valence-corrected chi connectivity index (χ2v) is 5.40. The lowest BCUT2D eigenvalue weighted by molar-refractivity contribution is 1.17. The van der Waals surface area contributed by atoms with Crippen molar-refractivity contribution in [3.63, 3.8) is 0 Å². The van der Waals surface area contributed by atoms with Gasteiger partial charge in [-0.3, -0.25) is 0 Å². The second-order valence-electron chi connectivity index (χ2n) is 3.76. The molecule has 0 fully saturated rings. The van der Waals surface area contributed by atoms with Crippen molar-refractivity contribution in [2.45, 2.75) is 6.42 Å². The number of rotatable bonds is 3. The van der Waals surface area contributed by atoms with Gasteiger partial charge in [0.05, 0.1) is 0 Å². The lowest BCUT2D eigenvalue weighted by Gasteiger charge is -2.06. The summed E-state index contributed by atoms with van der Waals surface area (Å²) in [4.78, 5) is 0. The van der Waals surface area contributed by atoms with Crippen LogP contribution in [0.5, 0.6) is 0 Å². The van der Waals surface area contributed by atoms with Crippen molar-refractivity contribution >= 4 is 39.1 Å². The molecule has 0 aliphatic rings. The fourth-order valence-corrected chi connectivity index (χ4v) is 2.66. The van der Waals surface area contributed by atoms with E-state index in [2.05, 4.69) is 40.2 Å². The van der Waals surface area contributed by atoms with Crippen LogP contribution in [0.15, 0.2) is 42.5 Å². The Labute approximate surface area is 120 Å². The number of halogens is 3. The predicted octanol–water partition coefficient (Wildman–Crippen LogP) is 5.60. The average Bonchev–Trinajstić information content (AvgIpc) is 2.31. The summed E-state index contributed by atoms with van der Waals surface area (Å²) in [6.45, 7) is 0. The molecule has 0 aromatic heterocycles. The molecular formula is C14H11BrCl2. The standard InChI is InChI=1S/C14H11BrCl2/c15-8-7-10-1-3-11(4-2-10)13-6-5-12(16)9-14(13)17/h1-6,9H,7-8H2. The van der Waals surface area contributed by atoms with E-state index in [4.69, 9.17) is 23.2 Å². The minimum absolute atomic E-state index is 0.662. The van der Waals surface area contributed by atoms with Crippen molar-refractivity contribution in [3.8, 4) is 11.1 Å². The summed E-state index contributed by atoms with van der Waals surface area (Å²) < 4.78 is 0. The van der Waals surface area contributed by atoms with E-state index in [0.29, 0.717) is 10.0 Å². The number of hydrogen-bond acceptors (Lipinski definition) is 0. The molecule has 0 radical (unpaired) electrons. The van der Waals surface area contributed by atoms with Crippen molar-refractivity contribution in [2.75, 3.05) is 5.33 Å². The normalized spacial score (nSPS) is 10.5. The summed E-state index contributed by atoms with van der Waals surface area (Å²) in [6, 6.07) is 14.0. The average molecular weight is 330 g/mol. The molecule has 0 atom stereocenters. The Bertz CT molecular complexity index is 506. The van der Waals surface area contributed by atoms with E-state index in [0.717, 1.165) is 22.9 Å². The lowest BCUT2D eigenvalue weighted by Crippen LogP contribution is -1.86. The van der Waals surface area contributed by atoms with Crippen LogP contribution in [0.1, 0.15) is 5.56 Å². The van der Waals surface area contributed by atoms with Crippen LogP contribution in [-0.4, -0.2) is 5.33 Å². The maximum absolute atomic E-state index is 6.17. The highest BCUT2D eigenvalue weighted by Crippen LogP contribution is 2.30. The SMILES string of the molecule is Clc1ccc(-c2ccc(CCBr)cc2)c(Cl)c1. The van der Waals surface area contributed by atoms with Gasteiger partial charge in [-0.1, -0.05) is 69.5 Å². The number of aryl methyl sites for hydroxylation is 1. The molecule has 0 heterocycles. The number of hydrogen-bond donors (Lipinski definition) is 0. The molecule has 0 aliphatic carbocycles. The topological polar surface area (TPSA) is 0 Å². The van der Waals surface area contributed by atoms with Crippen molar-refractivity contribution in [1.29, 1.82) is 0 Å². The van der Waals surface area contributed by atoms with E-state index in [1.165, 1.54) is 5.56 Å². The Morgan fingerprint density at radius 1 is 0.941 bits per heavy atom. The summed E-state index contributed by atoms with van der Waals surface area (Å²) in [5.41, 5.74) is 3.45. The van der Waals surface area contributed by atoms with Gasteiger partial charge in [-0.25, -0.2) is 0 Å². The fraction of sp³-hybridized carbons (Fsp3) is 0.143. The van der Waals surface area contributed by atoms with Crippen LogP contribution in [0.4, 0.5) is 0 Å². The fourth-order valence-electron chi connectivity index (χ4n) is 1.68. The zero-order valence-corrected chi connectivity index (χ0v) is 12.2. The van der Waals surface area contributed by atoms with Gasteiger partial charge in [0, 0.05) is 20.9 Å². The lowest BCUT2D eigenvalue weighted by atomic mass is 10.0. The molecule has 2 rings (SSSR count). The first-order valence-electron chi connectivity index (χ1n) is 5.31. The third-order valence-corrected chi connectivity index (χ3v) is 3.52. The van der Waals surface area contributed by atoms with Crippen molar-refractivity contribution < 1.29 is 0 Å². The Balaban J connectivity index is 2.33.